The molecule has 1 heterocycles. The van der Waals surface area contributed by atoms with Gasteiger partial charge in [-0.2, -0.15) is 0 Å². The summed E-state index contributed by atoms with van der Waals surface area (Å²) in [5.74, 6) is 0.345. The minimum atomic E-state index is -0.256. The van der Waals surface area contributed by atoms with Gasteiger partial charge in [0.2, 0.25) is 0 Å². The molecule has 124 valence electrons. The summed E-state index contributed by atoms with van der Waals surface area (Å²) < 4.78 is 15.4. The lowest BCUT2D eigenvalue weighted by Crippen LogP contribution is -2.37. The van der Waals surface area contributed by atoms with Crippen molar-refractivity contribution in [3.8, 4) is 0 Å². The second kappa shape index (κ2) is 8.22. The first-order valence-electron chi connectivity index (χ1n) is 7.28. The third-order valence-electron chi connectivity index (χ3n) is 3.36. The Morgan fingerprint density at radius 2 is 2.00 bits per heavy atom. The molecule has 0 bridgehead atoms. The van der Waals surface area contributed by atoms with Crippen molar-refractivity contribution in [2.45, 2.75) is 20.0 Å². The van der Waals surface area contributed by atoms with Gasteiger partial charge in [0, 0.05) is 24.8 Å². The van der Waals surface area contributed by atoms with Crippen molar-refractivity contribution < 1.29 is 4.39 Å². The highest BCUT2D eigenvalue weighted by Crippen LogP contribution is 2.24. The smallest absolute Gasteiger partial charge is 0.191 e. The van der Waals surface area contributed by atoms with Gasteiger partial charge in [-0.1, -0.05) is 41.4 Å². The molecule has 0 atom stereocenters. The van der Waals surface area contributed by atoms with Crippen molar-refractivity contribution >= 4 is 29.2 Å². The normalized spacial score (nSPS) is 11.6. The van der Waals surface area contributed by atoms with E-state index in [-0.39, 0.29) is 12.4 Å². The van der Waals surface area contributed by atoms with Crippen LogP contribution in [0.3, 0.4) is 0 Å². The molecule has 2 N–H and O–H groups in total. The number of nitrogens with one attached hydrogen (secondary N) is 2. The van der Waals surface area contributed by atoms with Gasteiger partial charge >= 0.3 is 0 Å². The molecule has 0 fully saturated rings. The van der Waals surface area contributed by atoms with Gasteiger partial charge in [0.15, 0.2) is 5.96 Å². The third-order valence-corrected chi connectivity index (χ3v) is 4.20. The highest BCUT2D eigenvalue weighted by molar-refractivity contribution is 6.41. The lowest BCUT2D eigenvalue weighted by molar-refractivity contribution is 0.610. The Bertz CT molecular complexity index is 697. The summed E-state index contributed by atoms with van der Waals surface area (Å²) >= 11 is 12.1. The molecule has 0 aliphatic carbocycles. The van der Waals surface area contributed by atoms with Crippen LogP contribution in [-0.4, -0.2) is 17.1 Å². The van der Waals surface area contributed by atoms with Crippen molar-refractivity contribution in [1.82, 2.24) is 15.2 Å². The molecule has 7 heteroatoms. The van der Waals surface area contributed by atoms with Crippen molar-refractivity contribution in [2.24, 2.45) is 12.0 Å². The van der Waals surface area contributed by atoms with Crippen LogP contribution in [0.2, 0.25) is 10.2 Å². The molecule has 1 aromatic heterocycles. The van der Waals surface area contributed by atoms with Crippen LogP contribution in [0.25, 0.3) is 0 Å². The fourth-order valence-electron chi connectivity index (χ4n) is 2.07. The van der Waals surface area contributed by atoms with Crippen molar-refractivity contribution in [3.63, 3.8) is 0 Å². The van der Waals surface area contributed by atoms with Crippen molar-refractivity contribution in [1.29, 1.82) is 0 Å². The maximum absolute atomic E-state index is 13.6. The number of aromatic nitrogens is 1. The van der Waals surface area contributed by atoms with Crippen LogP contribution in [0.5, 0.6) is 0 Å². The predicted molar refractivity (Wildman–Crippen MR) is 93.5 cm³/mol. The maximum atomic E-state index is 13.6. The van der Waals surface area contributed by atoms with Gasteiger partial charge in [-0.25, -0.2) is 9.38 Å². The number of aliphatic imine (C=N–C) groups is 1. The van der Waals surface area contributed by atoms with Crippen LogP contribution in [0.1, 0.15) is 18.2 Å². The van der Waals surface area contributed by atoms with Gasteiger partial charge in [0.25, 0.3) is 0 Å². The monoisotopic (exact) mass is 356 g/mol. The molecule has 23 heavy (non-hydrogen) atoms. The van der Waals surface area contributed by atoms with E-state index in [4.69, 9.17) is 23.2 Å². The van der Waals surface area contributed by atoms with E-state index in [1.54, 1.807) is 28.8 Å². The molecule has 0 radical (unpaired) electrons. The highest BCUT2D eigenvalue weighted by Gasteiger charge is 2.09. The quantitative estimate of drug-likeness (QED) is 0.633. The van der Waals surface area contributed by atoms with E-state index >= 15 is 0 Å². The Morgan fingerprint density at radius 1 is 1.26 bits per heavy atom. The van der Waals surface area contributed by atoms with Gasteiger partial charge in [-0.05, 0) is 19.1 Å². The molecular weight excluding hydrogens is 338 g/mol. The predicted octanol–water partition coefficient (Wildman–Crippen LogP) is 3.73. The topological polar surface area (TPSA) is 41.4 Å². The Kier molecular flexibility index (Phi) is 6.30. The molecule has 0 aliphatic rings. The van der Waals surface area contributed by atoms with Gasteiger partial charge in [0.1, 0.15) is 11.0 Å². The van der Waals surface area contributed by atoms with Crippen LogP contribution in [0, 0.1) is 5.82 Å². The van der Waals surface area contributed by atoms with E-state index in [1.807, 2.05) is 14.0 Å². The number of rotatable bonds is 5. The second-order valence-electron chi connectivity index (χ2n) is 4.97. The number of hydrogen-bond acceptors (Lipinski definition) is 1. The number of hydrogen-bond donors (Lipinski definition) is 2. The molecule has 2 aromatic rings. The average Bonchev–Trinajstić information content (AvgIpc) is 2.78. The van der Waals surface area contributed by atoms with E-state index in [0.29, 0.717) is 34.8 Å². The average molecular weight is 357 g/mol. The maximum Gasteiger partial charge on any atom is 0.191 e. The van der Waals surface area contributed by atoms with Crippen LogP contribution in [-0.2, 0) is 20.1 Å². The third kappa shape index (κ3) is 4.62. The summed E-state index contributed by atoms with van der Waals surface area (Å²) in [6, 6.07) is 8.41. The van der Waals surface area contributed by atoms with E-state index in [0.717, 1.165) is 5.69 Å². The summed E-state index contributed by atoms with van der Waals surface area (Å²) in [5, 5.41) is 7.32. The minimum Gasteiger partial charge on any atom is -0.357 e. The molecule has 0 saturated heterocycles. The van der Waals surface area contributed by atoms with Crippen LogP contribution < -0.4 is 10.6 Å². The molecule has 4 nitrogen and oxygen atoms in total. The summed E-state index contributed by atoms with van der Waals surface area (Å²) in [6.45, 7) is 3.44. The first-order chi connectivity index (χ1) is 11.0. The van der Waals surface area contributed by atoms with Crippen LogP contribution in [0.15, 0.2) is 35.3 Å². The molecular formula is C16H19Cl2FN4. The summed E-state index contributed by atoms with van der Waals surface area (Å²) in [5.41, 5.74) is 1.48. The van der Waals surface area contributed by atoms with E-state index < -0.39 is 0 Å². The fourth-order valence-corrected chi connectivity index (χ4v) is 2.48. The Hall–Kier alpha value is -1.72. The second-order valence-corrected chi connectivity index (χ2v) is 5.74. The fraction of sp³-hybridized carbons (Fsp3) is 0.312. The van der Waals surface area contributed by atoms with Gasteiger partial charge in [-0.15, -0.1) is 0 Å². The standard InChI is InChI=1S/C16H19Cl2FN4/c1-3-20-16(21-9-11-6-4-5-7-14(11)19)22-10-12-8-13(17)15(18)23(12)2/h4-8H,3,9-10H2,1-2H3,(H2,20,21,22). The highest BCUT2D eigenvalue weighted by atomic mass is 35.5. The number of nitrogens with zero attached hydrogens (tertiary/aromatic N) is 2. The first kappa shape index (κ1) is 17.6. The van der Waals surface area contributed by atoms with Crippen molar-refractivity contribution in [2.75, 3.05) is 6.54 Å². The Morgan fingerprint density at radius 3 is 2.61 bits per heavy atom. The molecule has 0 unspecified atom stereocenters. The number of halogens is 3. The van der Waals surface area contributed by atoms with Gasteiger partial charge in [0.05, 0.1) is 18.1 Å². The van der Waals surface area contributed by atoms with E-state index in [1.165, 1.54) is 6.07 Å². The van der Waals surface area contributed by atoms with Gasteiger partial charge in [-0.3, -0.25) is 0 Å². The largest absolute Gasteiger partial charge is 0.357 e. The molecule has 0 amide bonds. The summed E-state index contributed by atoms with van der Waals surface area (Å²) in [4.78, 5) is 4.40. The van der Waals surface area contributed by atoms with Crippen LogP contribution >= 0.6 is 23.2 Å². The van der Waals surface area contributed by atoms with E-state index in [9.17, 15) is 4.39 Å². The molecule has 0 spiro atoms. The van der Waals surface area contributed by atoms with Crippen molar-refractivity contribution in [3.05, 3.63) is 57.6 Å². The van der Waals surface area contributed by atoms with E-state index in [2.05, 4.69) is 15.6 Å². The zero-order valence-electron chi connectivity index (χ0n) is 13.0. The SMILES string of the molecule is CCNC(=NCc1ccccc1F)NCc1cc(Cl)c(Cl)n1C. The molecule has 0 saturated carbocycles. The number of guanidine groups is 1. The zero-order valence-corrected chi connectivity index (χ0v) is 14.5. The zero-order chi connectivity index (χ0) is 16.8. The molecule has 2 rings (SSSR count). The Labute approximate surface area is 145 Å². The summed E-state index contributed by atoms with van der Waals surface area (Å²) in [6.07, 6.45) is 0. The van der Waals surface area contributed by atoms with Crippen LogP contribution in [0.4, 0.5) is 4.39 Å². The first-order valence-corrected chi connectivity index (χ1v) is 8.03. The number of benzene rings is 1. The van der Waals surface area contributed by atoms with Gasteiger partial charge < -0.3 is 15.2 Å². The minimum absolute atomic E-state index is 0.256. The molecule has 0 aliphatic heterocycles. The lowest BCUT2D eigenvalue weighted by atomic mass is 10.2. The molecule has 1 aromatic carbocycles. The Balaban J connectivity index is 2.04. The summed E-state index contributed by atoms with van der Waals surface area (Å²) in [7, 11) is 1.84. The lowest BCUT2D eigenvalue weighted by Gasteiger charge is -2.12.